The van der Waals surface area contributed by atoms with E-state index >= 15 is 8.78 Å². The van der Waals surface area contributed by atoms with Gasteiger partial charge in [-0.2, -0.15) is 13.5 Å². The lowest BCUT2D eigenvalue weighted by molar-refractivity contribution is -0.149. The molecular formula is C36H42BrF2N3O6S. The minimum absolute atomic E-state index is 0.158. The van der Waals surface area contributed by atoms with Gasteiger partial charge in [0.05, 0.1) is 11.0 Å². The summed E-state index contributed by atoms with van der Waals surface area (Å²) in [5.41, 5.74) is -1.20. The highest BCUT2D eigenvalue weighted by atomic mass is 79.9. The molecule has 6 rings (SSSR count). The summed E-state index contributed by atoms with van der Waals surface area (Å²) in [5, 5.41) is 4.17. The van der Waals surface area contributed by atoms with Crippen LogP contribution in [0, 0.1) is 0 Å². The lowest BCUT2D eigenvalue weighted by atomic mass is 9.94. The molecule has 13 heteroatoms. The average Bonchev–Trinajstić information content (AvgIpc) is 3.63. The van der Waals surface area contributed by atoms with Gasteiger partial charge in [0, 0.05) is 28.2 Å². The summed E-state index contributed by atoms with van der Waals surface area (Å²) in [4.78, 5) is 27.9. The Morgan fingerprint density at radius 3 is 2.14 bits per heavy atom. The van der Waals surface area contributed by atoms with E-state index in [1.807, 2.05) is 6.07 Å². The molecule has 264 valence electrons. The molecule has 2 amide bonds. The summed E-state index contributed by atoms with van der Waals surface area (Å²) in [6.45, 7) is 5.26. The zero-order chi connectivity index (χ0) is 35.1. The van der Waals surface area contributed by atoms with Crippen LogP contribution in [0.15, 0.2) is 70.0 Å². The van der Waals surface area contributed by atoms with Crippen LogP contribution < -0.4 is 14.8 Å². The third-order valence-electron chi connectivity index (χ3n) is 9.52. The van der Waals surface area contributed by atoms with Gasteiger partial charge in [0.1, 0.15) is 11.4 Å². The number of rotatable bonds is 9. The molecule has 0 aromatic heterocycles. The minimum Gasteiger partial charge on any atom is -0.490 e. The molecule has 3 fully saturated rings. The first-order valence-electron chi connectivity index (χ1n) is 16.8. The molecule has 0 spiro atoms. The summed E-state index contributed by atoms with van der Waals surface area (Å²) in [6.07, 6.45) is 5.57. The first kappa shape index (κ1) is 35.5. The minimum atomic E-state index is -4.61. The molecule has 3 aromatic rings. The second-order valence-corrected chi connectivity index (χ2v) is 17.0. The zero-order valence-electron chi connectivity index (χ0n) is 27.8. The topological polar surface area (TPSA) is 114 Å². The third kappa shape index (κ3) is 8.04. The number of benzene rings is 3. The number of carbonyl (C=O) groups excluding carboxylic acids is 2. The number of amides is 2. The first-order chi connectivity index (χ1) is 23.1. The maximum absolute atomic E-state index is 16.5. The van der Waals surface area contributed by atoms with Crippen LogP contribution in [0.5, 0.6) is 5.75 Å². The molecular weight excluding hydrogens is 720 g/mol. The largest absolute Gasteiger partial charge is 0.490 e. The van der Waals surface area contributed by atoms with Gasteiger partial charge in [-0.1, -0.05) is 40.2 Å². The number of fused-ring (bicyclic) bond motifs is 3. The van der Waals surface area contributed by atoms with E-state index in [0.717, 1.165) is 31.1 Å². The Hall–Kier alpha value is -3.29. The van der Waals surface area contributed by atoms with Gasteiger partial charge in [-0.25, -0.2) is 13.2 Å². The average molecular weight is 763 g/mol. The number of ether oxygens (including phenoxy) is 2. The molecule has 2 saturated heterocycles. The molecule has 3 atom stereocenters. The van der Waals surface area contributed by atoms with E-state index in [9.17, 15) is 18.0 Å². The first-order valence-corrected chi connectivity index (χ1v) is 19.0. The van der Waals surface area contributed by atoms with Gasteiger partial charge in [0.25, 0.3) is 5.92 Å². The van der Waals surface area contributed by atoms with Crippen molar-refractivity contribution in [1.82, 2.24) is 14.9 Å². The van der Waals surface area contributed by atoms with E-state index < -0.39 is 57.2 Å². The monoisotopic (exact) mass is 761 g/mol. The van der Waals surface area contributed by atoms with Crippen molar-refractivity contribution >= 4 is 48.7 Å². The fraction of sp³-hybridized carbons (Fsp3) is 0.500. The number of carbonyl (C=O) groups is 2. The summed E-state index contributed by atoms with van der Waals surface area (Å²) >= 11 is 3.25. The van der Waals surface area contributed by atoms with Gasteiger partial charge < -0.3 is 19.7 Å². The number of hydrogen-bond acceptors (Lipinski definition) is 6. The maximum atomic E-state index is 16.5. The molecule has 0 radical (unpaired) electrons. The van der Waals surface area contributed by atoms with Crippen molar-refractivity contribution in [2.45, 2.75) is 119 Å². The van der Waals surface area contributed by atoms with Gasteiger partial charge in [-0.05, 0) is 119 Å². The number of nitrogens with zero attached hydrogens (tertiary/aromatic N) is 1. The van der Waals surface area contributed by atoms with E-state index in [0.29, 0.717) is 41.3 Å². The van der Waals surface area contributed by atoms with Crippen LogP contribution in [-0.2, 0) is 25.5 Å². The van der Waals surface area contributed by atoms with Gasteiger partial charge in [-0.15, -0.1) is 0 Å². The fourth-order valence-corrected chi connectivity index (χ4v) is 8.75. The number of alkyl halides is 2. The summed E-state index contributed by atoms with van der Waals surface area (Å²) in [7, 11) is -4.61. The lowest BCUT2D eigenvalue weighted by Crippen LogP contribution is -2.61. The Morgan fingerprint density at radius 1 is 0.898 bits per heavy atom. The van der Waals surface area contributed by atoms with Crippen LogP contribution in [0.25, 0.3) is 10.8 Å². The molecule has 9 nitrogen and oxygen atoms in total. The number of nitrogens with one attached hydrogen (secondary N) is 2. The summed E-state index contributed by atoms with van der Waals surface area (Å²) < 4.78 is 74.8. The number of sulfonamides is 1. The van der Waals surface area contributed by atoms with Crippen LogP contribution in [0.3, 0.4) is 0 Å². The van der Waals surface area contributed by atoms with Gasteiger partial charge in [0.2, 0.25) is 15.9 Å². The Kier molecular flexibility index (Phi) is 10.00. The van der Waals surface area contributed by atoms with Crippen molar-refractivity contribution in [2.75, 3.05) is 0 Å². The summed E-state index contributed by atoms with van der Waals surface area (Å²) in [6, 6.07) is 11.2. The van der Waals surface area contributed by atoms with Crippen LogP contribution in [0.4, 0.5) is 13.6 Å². The smallest absolute Gasteiger partial charge is 0.407 e. The molecule has 2 bridgehead atoms. The van der Waals surface area contributed by atoms with Crippen molar-refractivity contribution in [1.29, 1.82) is 0 Å². The number of piperidine rings is 1. The maximum Gasteiger partial charge on any atom is 0.407 e. The van der Waals surface area contributed by atoms with Gasteiger partial charge >= 0.3 is 6.09 Å². The number of hydrogen-bond donors (Lipinski definition) is 2. The lowest BCUT2D eigenvalue weighted by Gasteiger charge is -2.42. The molecule has 2 aliphatic heterocycles. The molecule has 3 unspecified atom stereocenters. The van der Waals surface area contributed by atoms with Crippen molar-refractivity contribution in [3.05, 3.63) is 70.7 Å². The van der Waals surface area contributed by atoms with Crippen molar-refractivity contribution in [2.24, 2.45) is 0 Å². The van der Waals surface area contributed by atoms with E-state index in [4.69, 9.17) is 9.47 Å². The highest BCUT2D eigenvalue weighted by molar-refractivity contribution is 9.10. The van der Waals surface area contributed by atoms with E-state index in [2.05, 4.69) is 26.0 Å². The molecule has 3 aliphatic rings. The predicted molar refractivity (Wildman–Crippen MR) is 185 cm³/mol. The Morgan fingerprint density at radius 2 is 1.51 bits per heavy atom. The van der Waals surface area contributed by atoms with Crippen molar-refractivity contribution in [3.63, 3.8) is 0 Å². The second kappa shape index (κ2) is 13.8. The highest BCUT2D eigenvalue weighted by Crippen LogP contribution is 2.41. The Bertz CT molecular complexity index is 1800. The number of alkyl carbamates (subject to hydrolysis) is 1. The SMILES string of the molecule is CC(C)(C)OC(=O)NC1CC2CCC(C1)N2C(=O)C(NS(=O)(=O)c1ccc2cc(OC3CCCC3)ccc2c1)C(F)(F)c1ccc(Br)cc1. The molecule has 2 N–H and O–H groups in total. The predicted octanol–water partition coefficient (Wildman–Crippen LogP) is 7.41. The second-order valence-electron chi connectivity index (χ2n) is 14.3. The van der Waals surface area contributed by atoms with Crippen LogP contribution in [0.2, 0.25) is 0 Å². The molecule has 1 saturated carbocycles. The molecule has 2 heterocycles. The van der Waals surface area contributed by atoms with Gasteiger partial charge in [-0.3, -0.25) is 4.79 Å². The van der Waals surface area contributed by atoms with Crippen LogP contribution in [-0.4, -0.2) is 61.2 Å². The molecule has 1 aliphatic carbocycles. The molecule has 3 aromatic carbocycles. The van der Waals surface area contributed by atoms with Gasteiger partial charge in [0.15, 0.2) is 6.04 Å². The fourth-order valence-electron chi connectivity index (χ4n) is 7.26. The van der Waals surface area contributed by atoms with E-state index in [1.165, 1.54) is 41.3 Å². The standard InChI is InChI=1S/C36H42BrF2N3O6S/c1-35(2,3)48-34(44)40-26-20-27-14-15-28(21-26)42(27)33(43)32(36(38,39)24-10-12-25(37)13-11-24)41-49(45,46)31-17-9-22-18-30(16-8-23(22)19-31)47-29-6-4-5-7-29/h8-13,16-19,26-29,32,41H,4-7,14-15,20-21H2,1-3H3,(H,40,44). The third-order valence-corrected chi connectivity index (χ3v) is 11.5. The Balaban J connectivity index is 1.26. The van der Waals surface area contributed by atoms with Crippen LogP contribution >= 0.6 is 15.9 Å². The van der Waals surface area contributed by atoms with E-state index in [-0.39, 0.29) is 17.0 Å². The quantitative estimate of drug-likeness (QED) is 0.235. The summed E-state index contributed by atoms with van der Waals surface area (Å²) in [5.74, 6) is -4.22. The van der Waals surface area contributed by atoms with Crippen LogP contribution in [0.1, 0.15) is 77.7 Å². The number of halogens is 3. The zero-order valence-corrected chi connectivity index (χ0v) is 30.2. The van der Waals surface area contributed by atoms with E-state index in [1.54, 1.807) is 39.0 Å². The normalized spacial score (nSPS) is 22.2. The van der Waals surface area contributed by atoms with Crippen molar-refractivity contribution < 1.29 is 36.3 Å². The highest BCUT2D eigenvalue weighted by Gasteiger charge is 2.54. The molecule has 49 heavy (non-hydrogen) atoms. The Labute approximate surface area is 294 Å². The van der Waals surface area contributed by atoms with Crippen molar-refractivity contribution in [3.8, 4) is 5.75 Å².